The molecule has 0 radical (unpaired) electrons. The van der Waals surface area contributed by atoms with Crippen LogP contribution in [0.2, 0.25) is 0 Å². The average molecular weight is 829 g/mol. The molecule has 9 nitrogen and oxygen atoms in total. The van der Waals surface area contributed by atoms with Gasteiger partial charge in [0.2, 0.25) is 23.1 Å². The molecule has 2 unspecified atom stereocenters. The van der Waals surface area contributed by atoms with Crippen LogP contribution in [0.25, 0.3) is 12.2 Å². The van der Waals surface area contributed by atoms with Gasteiger partial charge in [-0.15, -0.1) is 0 Å². The largest absolute Gasteiger partial charge is 0.509 e. The summed E-state index contributed by atoms with van der Waals surface area (Å²) in [6.07, 6.45) is 7.50. The summed E-state index contributed by atoms with van der Waals surface area (Å²) in [5.74, 6) is -1.84. The van der Waals surface area contributed by atoms with Gasteiger partial charge < -0.3 is 18.6 Å². The van der Waals surface area contributed by atoms with Gasteiger partial charge in [-0.25, -0.2) is 4.79 Å². The molecular formula is C53H52N2O7. The molecule has 0 aliphatic heterocycles. The van der Waals surface area contributed by atoms with Crippen LogP contribution in [0.5, 0.6) is 0 Å². The maximum absolute atomic E-state index is 14.1. The Bertz CT molecular complexity index is 2430. The Labute approximate surface area is 363 Å². The molecule has 0 aliphatic carbocycles. The fraction of sp³-hybridized carbons (Fsp3) is 0.226. The normalized spacial score (nSPS) is 12.5. The smallest absolute Gasteiger partial charge is 0.422 e. The fourth-order valence-electron chi connectivity index (χ4n) is 7.11. The van der Waals surface area contributed by atoms with Gasteiger partial charge in [-0.1, -0.05) is 160 Å². The number of nitrogens with zero attached hydrogens (tertiary/aromatic N) is 2. The lowest BCUT2D eigenvalue weighted by atomic mass is 9.94. The van der Waals surface area contributed by atoms with Crippen LogP contribution in [-0.2, 0) is 22.6 Å². The van der Waals surface area contributed by atoms with E-state index < -0.39 is 41.8 Å². The zero-order valence-corrected chi connectivity index (χ0v) is 36.0. The molecule has 0 saturated carbocycles. The Morgan fingerprint density at radius 2 is 0.871 bits per heavy atom. The molecule has 2 heterocycles. The number of allylic oxidation sites excluding steroid dienone is 2. The van der Waals surface area contributed by atoms with E-state index in [1.807, 2.05) is 132 Å². The number of ketones is 4. The van der Waals surface area contributed by atoms with E-state index in [1.54, 1.807) is 76.2 Å². The molecule has 62 heavy (non-hydrogen) atoms. The molecule has 0 amide bonds. The van der Waals surface area contributed by atoms with Crippen LogP contribution in [0.4, 0.5) is 4.79 Å². The SMILES string of the molecule is Cc1ccc(C(=O)c2cccn2C/C=C/c2ccccc2C(=O)C(OC(=O)OC(C(=O)c2ccccc2/C=C/Cn2cccc2C(=O)c2ccc(C)cc2)C(C)C)C(C)C)cc1. The molecule has 9 heteroatoms. The molecule has 0 aliphatic rings. The summed E-state index contributed by atoms with van der Waals surface area (Å²) in [4.78, 5) is 68.2. The maximum Gasteiger partial charge on any atom is 0.509 e. The standard InChI is InChI=1S/C53H52N2O7/c1-35(2)51(49(58)43-19-9-7-15-39(43)17-11-31-54-33-13-21-45(54)47(56)41-27-23-37(5)24-28-41)61-53(60)62-52(36(3)4)50(59)44-20-10-8-16-40(44)18-12-32-55-34-14-22-46(55)48(57)42-29-25-38(6)26-30-42/h7-30,33-36,51-52H,31-32H2,1-6H3/b17-11+,18-12+. The van der Waals surface area contributed by atoms with Crippen LogP contribution >= 0.6 is 0 Å². The van der Waals surface area contributed by atoms with E-state index in [1.165, 1.54) is 0 Å². The quantitative estimate of drug-likeness (QED) is 0.0626. The summed E-state index contributed by atoms with van der Waals surface area (Å²) in [7, 11) is 0. The summed E-state index contributed by atoms with van der Waals surface area (Å²) in [6, 6.07) is 36.2. The highest BCUT2D eigenvalue weighted by molar-refractivity contribution is 6.09. The minimum Gasteiger partial charge on any atom is -0.422 e. The number of carbonyl (C=O) groups excluding carboxylic acids is 5. The first kappa shape index (κ1) is 44.4. The van der Waals surface area contributed by atoms with Gasteiger partial charge in [0.1, 0.15) is 0 Å². The Morgan fingerprint density at radius 1 is 0.500 bits per heavy atom. The van der Waals surface area contributed by atoms with Gasteiger partial charge in [-0.3, -0.25) is 19.2 Å². The van der Waals surface area contributed by atoms with E-state index in [0.29, 0.717) is 57.9 Å². The van der Waals surface area contributed by atoms with Gasteiger partial charge in [0.25, 0.3) is 0 Å². The molecule has 0 saturated heterocycles. The van der Waals surface area contributed by atoms with E-state index in [2.05, 4.69) is 0 Å². The highest BCUT2D eigenvalue weighted by Gasteiger charge is 2.34. The first-order valence-electron chi connectivity index (χ1n) is 20.8. The third kappa shape index (κ3) is 10.8. The molecule has 316 valence electrons. The van der Waals surface area contributed by atoms with Crippen molar-refractivity contribution in [2.75, 3.05) is 0 Å². The molecule has 0 N–H and O–H groups in total. The van der Waals surface area contributed by atoms with Crippen molar-refractivity contribution >= 4 is 41.4 Å². The molecule has 6 aromatic rings. The number of aryl methyl sites for hydroxylation is 2. The Hall–Kier alpha value is -7.13. The molecule has 6 rings (SSSR count). The molecular weight excluding hydrogens is 777 g/mol. The minimum atomic E-state index is -1.20. The van der Waals surface area contributed by atoms with Crippen molar-refractivity contribution in [1.82, 2.24) is 9.13 Å². The second-order valence-corrected chi connectivity index (χ2v) is 16.0. The molecule has 4 aromatic carbocycles. The zero-order chi connectivity index (χ0) is 44.3. The number of aromatic nitrogens is 2. The molecule has 0 bridgehead atoms. The predicted molar refractivity (Wildman–Crippen MR) is 243 cm³/mol. The first-order chi connectivity index (χ1) is 29.8. The number of ether oxygens (including phenoxy) is 2. The summed E-state index contributed by atoms with van der Waals surface area (Å²) >= 11 is 0. The number of hydrogen-bond acceptors (Lipinski definition) is 7. The van der Waals surface area contributed by atoms with Gasteiger partial charge in [0, 0.05) is 47.7 Å². The highest BCUT2D eigenvalue weighted by Crippen LogP contribution is 2.24. The monoisotopic (exact) mass is 828 g/mol. The Balaban J connectivity index is 1.12. The lowest BCUT2D eigenvalue weighted by Gasteiger charge is -2.24. The summed E-state index contributed by atoms with van der Waals surface area (Å²) in [6.45, 7) is 11.8. The number of carbonyl (C=O) groups is 5. The third-order valence-electron chi connectivity index (χ3n) is 10.6. The number of benzene rings is 4. The highest BCUT2D eigenvalue weighted by atomic mass is 16.7. The number of Topliss-reactive ketones (excluding diaryl/α,β-unsaturated/α-hetero) is 2. The Kier molecular flexibility index (Phi) is 14.6. The number of hydrogen-bond donors (Lipinski definition) is 0. The van der Waals surface area contributed by atoms with Crippen LogP contribution in [0, 0.1) is 25.7 Å². The van der Waals surface area contributed by atoms with Crippen LogP contribution in [0.15, 0.2) is 146 Å². The van der Waals surface area contributed by atoms with Crippen LogP contribution in [0.1, 0.15) is 103 Å². The summed E-state index contributed by atoms with van der Waals surface area (Å²) in [5, 5.41) is 0. The summed E-state index contributed by atoms with van der Waals surface area (Å²) in [5.41, 5.74) is 6.36. The van der Waals surface area contributed by atoms with E-state index in [4.69, 9.17) is 9.47 Å². The molecule has 0 fully saturated rings. The summed E-state index contributed by atoms with van der Waals surface area (Å²) < 4.78 is 15.2. The maximum atomic E-state index is 14.1. The van der Waals surface area contributed by atoms with Gasteiger partial charge in [0.15, 0.2) is 12.2 Å². The van der Waals surface area contributed by atoms with Gasteiger partial charge in [0.05, 0.1) is 11.4 Å². The van der Waals surface area contributed by atoms with Crippen molar-refractivity contribution in [3.8, 4) is 0 Å². The van der Waals surface area contributed by atoms with Gasteiger partial charge in [-0.05, 0) is 61.1 Å². The van der Waals surface area contributed by atoms with Crippen molar-refractivity contribution in [2.45, 2.75) is 66.8 Å². The first-order valence-corrected chi connectivity index (χ1v) is 20.8. The molecule has 2 aromatic heterocycles. The topological polar surface area (TPSA) is 114 Å². The fourth-order valence-corrected chi connectivity index (χ4v) is 7.11. The second kappa shape index (κ2) is 20.4. The third-order valence-corrected chi connectivity index (χ3v) is 10.6. The van der Waals surface area contributed by atoms with E-state index in [-0.39, 0.29) is 11.6 Å². The van der Waals surface area contributed by atoms with Gasteiger partial charge >= 0.3 is 6.16 Å². The lowest BCUT2D eigenvalue weighted by Crippen LogP contribution is -2.37. The minimum absolute atomic E-state index is 0.0862. The van der Waals surface area contributed by atoms with Crippen molar-refractivity contribution in [3.63, 3.8) is 0 Å². The van der Waals surface area contributed by atoms with E-state index >= 15 is 0 Å². The molecule has 0 spiro atoms. The predicted octanol–water partition coefficient (Wildman–Crippen LogP) is 11.1. The number of rotatable bonds is 18. The zero-order valence-electron chi connectivity index (χ0n) is 36.0. The van der Waals surface area contributed by atoms with Crippen LogP contribution < -0.4 is 0 Å². The molecule has 2 atom stereocenters. The van der Waals surface area contributed by atoms with Crippen LogP contribution in [-0.4, -0.2) is 50.6 Å². The van der Waals surface area contributed by atoms with Crippen molar-refractivity contribution in [1.29, 1.82) is 0 Å². The van der Waals surface area contributed by atoms with Crippen molar-refractivity contribution < 1.29 is 33.4 Å². The average Bonchev–Trinajstić information content (AvgIpc) is 3.94. The Morgan fingerprint density at radius 3 is 1.24 bits per heavy atom. The lowest BCUT2D eigenvalue weighted by molar-refractivity contribution is -0.0139. The second-order valence-electron chi connectivity index (χ2n) is 16.0. The van der Waals surface area contributed by atoms with Gasteiger partial charge in [-0.2, -0.15) is 0 Å². The van der Waals surface area contributed by atoms with Crippen molar-refractivity contribution in [3.05, 3.63) is 202 Å². The van der Waals surface area contributed by atoms with Crippen molar-refractivity contribution in [2.24, 2.45) is 11.8 Å². The van der Waals surface area contributed by atoms with E-state index in [9.17, 15) is 24.0 Å². The van der Waals surface area contributed by atoms with E-state index in [0.717, 1.165) is 11.1 Å². The van der Waals surface area contributed by atoms with Crippen LogP contribution in [0.3, 0.4) is 0 Å².